The van der Waals surface area contributed by atoms with Crippen LogP contribution in [0.4, 0.5) is 28.9 Å². The summed E-state index contributed by atoms with van der Waals surface area (Å²) in [5.74, 6) is -4.53. The Morgan fingerprint density at radius 1 is 0.556 bits per heavy atom. The topological polar surface area (TPSA) is 157 Å². The third-order valence-corrected chi connectivity index (χ3v) is 16.2. The summed E-state index contributed by atoms with van der Waals surface area (Å²) < 4.78 is 58.2. The first-order chi connectivity index (χ1) is 34.6. The minimum atomic E-state index is -2.93. The van der Waals surface area contributed by atoms with Crippen LogP contribution >= 0.6 is 22.7 Å². The first-order valence-electron chi connectivity index (χ1n) is 24.1. The van der Waals surface area contributed by atoms with Crippen LogP contribution in [0.1, 0.15) is 62.6 Å². The van der Waals surface area contributed by atoms with Gasteiger partial charge in [0.2, 0.25) is 11.8 Å². The maximum Gasteiger partial charge on any atom is 0.265 e. The van der Waals surface area contributed by atoms with Crippen molar-refractivity contribution in [1.29, 1.82) is 0 Å². The van der Waals surface area contributed by atoms with Gasteiger partial charge in [0.1, 0.15) is 34.4 Å². The van der Waals surface area contributed by atoms with Crippen molar-refractivity contribution in [1.82, 2.24) is 38.7 Å². The smallest absolute Gasteiger partial charge is 0.265 e. The number of piperazine rings is 2. The zero-order valence-electron chi connectivity index (χ0n) is 40.0. The van der Waals surface area contributed by atoms with Crippen molar-refractivity contribution in [2.24, 2.45) is 0 Å². The Labute approximate surface area is 419 Å². The number of alkyl halides is 2. The average Bonchev–Trinajstić information content (AvgIpc) is 3.91. The predicted octanol–water partition coefficient (Wildman–Crippen LogP) is 6.01. The normalized spacial score (nSPS) is 17.3. The van der Waals surface area contributed by atoms with Gasteiger partial charge < -0.3 is 29.4 Å². The van der Waals surface area contributed by atoms with E-state index in [1.165, 1.54) is 40.7 Å². The Hall–Kier alpha value is -6.68. The van der Waals surface area contributed by atoms with Crippen LogP contribution in [0.25, 0.3) is 20.4 Å². The maximum absolute atomic E-state index is 14.1. The summed E-state index contributed by atoms with van der Waals surface area (Å²) in [6, 6.07) is 13.2. The minimum absolute atomic E-state index is 0.0433. The molecule has 0 N–H and O–H groups in total. The van der Waals surface area contributed by atoms with E-state index >= 15 is 0 Å². The second kappa shape index (κ2) is 21.2. The van der Waals surface area contributed by atoms with Crippen LogP contribution in [0, 0.1) is 25.5 Å². The van der Waals surface area contributed by atoms with Crippen molar-refractivity contribution in [2.45, 2.75) is 65.0 Å². The van der Waals surface area contributed by atoms with Gasteiger partial charge in [-0.15, -0.1) is 22.7 Å². The van der Waals surface area contributed by atoms with E-state index < -0.39 is 30.5 Å². The summed E-state index contributed by atoms with van der Waals surface area (Å²) in [6.45, 7) is 7.73. The van der Waals surface area contributed by atoms with E-state index in [1.54, 1.807) is 64.9 Å². The number of thiophene rings is 2. The van der Waals surface area contributed by atoms with Crippen LogP contribution in [0.5, 0.6) is 0 Å². The van der Waals surface area contributed by atoms with Gasteiger partial charge in [-0.2, -0.15) is 0 Å². The molecule has 4 fully saturated rings. The Morgan fingerprint density at radius 3 is 1.40 bits per heavy atom. The van der Waals surface area contributed by atoms with Gasteiger partial charge in [-0.25, -0.2) is 27.5 Å². The third-order valence-electron chi connectivity index (χ3n) is 13.8. The van der Waals surface area contributed by atoms with Crippen molar-refractivity contribution in [2.75, 3.05) is 88.3 Å². The molecule has 4 aliphatic heterocycles. The fourth-order valence-electron chi connectivity index (χ4n) is 9.77. The van der Waals surface area contributed by atoms with Crippen molar-refractivity contribution in [3.05, 3.63) is 114 Å². The standard InChI is InChI=1S/C25H26F3N5O3S.C25H28FN5O3S/c1-16-20-22(29-15-33(23(20)35)13-19(34)32-8-4-7-25(27,28)14-32)37-21(16)24(36)31-11-9-30(10-12-31)18-6-3-2-5-17(18)26;1-17-21-23(27-16-31(24(21)33)15-20(32)29-9-5-2-6-10-29)35-22(17)25(34)30-13-11-28(12-14-30)19-8-4-3-7-18(19)26/h2-3,5-6,15H,4,7-14H2,1H3;3-4,7-8,16H,2,5-6,9-15H2,1H3. The number of hydrogen-bond acceptors (Lipinski definition) is 12. The van der Waals surface area contributed by atoms with E-state index in [1.807, 2.05) is 9.80 Å². The van der Waals surface area contributed by atoms with Crippen molar-refractivity contribution in [3.8, 4) is 0 Å². The molecule has 16 nitrogen and oxygen atoms in total. The average molecular weight is 1030 g/mol. The first-order valence-corrected chi connectivity index (χ1v) is 25.7. The Kier molecular flexibility index (Phi) is 14.8. The molecule has 72 heavy (non-hydrogen) atoms. The Balaban J connectivity index is 0.000000178. The molecule has 0 atom stereocenters. The number of benzene rings is 2. The molecule has 8 heterocycles. The van der Waals surface area contributed by atoms with Crippen LogP contribution < -0.4 is 20.9 Å². The molecule has 0 spiro atoms. The molecule has 0 bridgehead atoms. The Bertz CT molecular complexity index is 3150. The summed E-state index contributed by atoms with van der Waals surface area (Å²) in [4.78, 5) is 98.9. The minimum Gasteiger partial charge on any atom is -0.366 e. The number of carbonyl (C=O) groups excluding carboxylic acids is 4. The van der Waals surface area contributed by atoms with E-state index in [9.17, 15) is 46.3 Å². The molecule has 4 amide bonds. The number of rotatable bonds is 8. The van der Waals surface area contributed by atoms with Gasteiger partial charge in [-0.1, -0.05) is 24.3 Å². The molecule has 6 aromatic rings. The zero-order valence-corrected chi connectivity index (χ0v) is 41.6. The number of aromatic nitrogens is 4. The highest BCUT2D eigenvalue weighted by molar-refractivity contribution is 7.21. The van der Waals surface area contributed by atoms with Crippen molar-refractivity contribution in [3.63, 3.8) is 0 Å². The second-order valence-corrected chi connectivity index (χ2v) is 20.5. The quantitative estimate of drug-likeness (QED) is 0.166. The van der Waals surface area contributed by atoms with Crippen LogP contribution in [-0.2, 0) is 22.7 Å². The summed E-state index contributed by atoms with van der Waals surface area (Å²) in [5.41, 5.74) is 1.34. The van der Waals surface area contributed by atoms with Gasteiger partial charge in [0.25, 0.3) is 28.9 Å². The SMILES string of the molecule is Cc1c(C(=O)N2CCN(c3ccccc3F)CC2)sc2ncn(CC(=O)N3CCCC(F)(F)C3)c(=O)c12.Cc1c(C(=O)N2CCN(c3ccccc3F)CC2)sc2ncn(CC(=O)N3CCCCC3)c(=O)c12. The van der Waals surface area contributed by atoms with Crippen LogP contribution in [0.15, 0.2) is 70.8 Å². The molecule has 10 rings (SSSR count). The summed E-state index contributed by atoms with van der Waals surface area (Å²) >= 11 is 2.32. The highest BCUT2D eigenvalue weighted by Gasteiger charge is 2.37. The summed E-state index contributed by atoms with van der Waals surface area (Å²) in [7, 11) is 0. The number of amides is 4. The molecule has 0 unspecified atom stereocenters. The summed E-state index contributed by atoms with van der Waals surface area (Å²) in [5, 5.41) is 0.648. The lowest BCUT2D eigenvalue weighted by Gasteiger charge is -2.36. The molecule has 4 aliphatic rings. The summed E-state index contributed by atoms with van der Waals surface area (Å²) in [6.07, 6.45) is 5.68. The highest BCUT2D eigenvalue weighted by Crippen LogP contribution is 2.32. The molecule has 4 aromatic heterocycles. The van der Waals surface area contributed by atoms with E-state index in [-0.39, 0.29) is 66.2 Å². The number of fused-ring (bicyclic) bond motifs is 2. The number of hydrogen-bond donors (Lipinski definition) is 0. The second-order valence-electron chi connectivity index (χ2n) is 18.5. The van der Waals surface area contributed by atoms with E-state index in [0.717, 1.165) is 53.2 Å². The first kappa shape index (κ1) is 50.3. The number of carbonyl (C=O) groups is 4. The largest absolute Gasteiger partial charge is 0.366 e. The van der Waals surface area contributed by atoms with Gasteiger partial charge in [-0.05, 0) is 74.9 Å². The molecule has 0 radical (unpaired) electrons. The number of aryl methyl sites for hydroxylation is 2. The van der Waals surface area contributed by atoms with Gasteiger partial charge >= 0.3 is 0 Å². The number of nitrogens with zero attached hydrogens (tertiary/aromatic N) is 10. The van der Waals surface area contributed by atoms with Crippen LogP contribution in [0.3, 0.4) is 0 Å². The van der Waals surface area contributed by atoms with Crippen molar-refractivity contribution < 1.29 is 36.7 Å². The number of piperidine rings is 2. The molecule has 4 saturated heterocycles. The van der Waals surface area contributed by atoms with Gasteiger partial charge in [-0.3, -0.25) is 37.9 Å². The molecule has 2 aromatic carbocycles. The zero-order chi connectivity index (χ0) is 50.8. The van der Waals surface area contributed by atoms with Gasteiger partial charge in [0.15, 0.2) is 0 Å². The van der Waals surface area contributed by atoms with Crippen molar-refractivity contribution >= 4 is 78.1 Å². The molecular weight excluding hydrogens is 977 g/mol. The Morgan fingerprint density at radius 2 is 0.972 bits per heavy atom. The van der Waals surface area contributed by atoms with Crippen LogP contribution in [0.2, 0.25) is 0 Å². The molecule has 380 valence electrons. The van der Waals surface area contributed by atoms with E-state index in [4.69, 9.17) is 0 Å². The van der Waals surface area contributed by atoms with Gasteiger partial charge in [0, 0.05) is 78.4 Å². The lowest BCUT2D eigenvalue weighted by Crippen LogP contribution is -2.49. The fourth-order valence-corrected chi connectivity index (χ4v) is 12.0. The lowest BCUT2D eigenvalue weighted by molar-refractivity contribution is -0.142. The highest BCUT2D eigenvalue weighted by atomic mass is 32.1. The maximum atomic E-state index is 14.1. The predicted molar refractivity (Wildman–Crippen MR) is 267 cm³/mol. The number of anilines is 2. The molecular formula is C50H54F4N10O6S2. The van der Waals surface area contributed by atoms with Crippen LogP contribution in [-0.4, -0.2) is 147 Å². The lowest BCUT2D eigenvalue weighted by atomic mass is 10.1. The molecule has 22 heteroatoms. The molecule has 0 aliphatic carbocycles. The number of halogens is 4. The number of likely N-dealkylation sites (tertiary alicyclic amines) is 2. The third kappa shape index (κ3) is 10.5. The van der Waals surface area contributed by atoms with Gasteiger partial charge in [0.05, 0.1) is 51.1 Å². The number of para-hydroxylation sites is 2. The monoisotopic (exact) mass is 1030 g/mol. The van der Waals surface area contributed by atoms with E-state index in [0.29, 0.717) is 99.7 Å². The molecule has 0 saturated carbocycles. The fraction of sp³-hybridized carbons (Fsp3) is 0.440. The van der Waals surface area contributed by atoms with E-state index in [2.05, 4.69) is 9.97 Å².